The number of hydrogen-bond acceptors (Lipinski definition) is 4. The number of rotatable bonds is 6. The molecule has 6 nitrogen and oxygen atoms in total. The molecule has 0 N–H and O–H groups in total. The molecule has 0 fully saturated rings. The van der Waals surface area contributed by atoms with Crippen molar-refractivity contribution in [2.45, 2.75) is 26.4 Å². The van der Waals surface area contributed by atoms with Crippen molar-refractivity contribution in [1.29, 1.82) is 5.26 Å². The van der Waals surface area contributed by atoms with E-state index in [1.807, 2.05) is 48.2 Å². The summed E-state index contributed by atoms with van der Waals surface area (Å²) in [6, 6.07) is 17.0. The molecule has 6 heteroatoms. The third kappa shape index (κ3) is 3.83. The number of nitrogens with zero attached hydrogens (tertiary/aromatic N) is 5. The van der Waals surface area contributed by atoms with Gasteiger partial charge in [-0.05, 0) is 36.2 Å². The quantitative estimate of drug-likeness (QED) is 0.695. The van der Waals surface area contributed by atoms with Crippen LogP contribution in [0, 0.1) is 11.3 Å². The van der Waals surface area contributed by atoms with Crippen LogP contribution in [0.25, 0.3) is 11.0 Å². The van der Waals surface area contributed by atoms with Crippen molar-refractivity contribution in [3.63, 3.8) is 0 Å². The van der Waals surface area contributed by atoms with Gasteiger partial charge in [0, 0.05) is 13.1 Å². The van der Waals surface area contributed by atoms with E-state index in [0.29, 0.717) is 18.7 Å². The molecular weight excluding hydrogens is 314 g/mol. The standard InChI is InChI=1S/C19H19N5O/c1-2-11-23(13-16-9-7-15(12-20)8-10-16)19(25)14-24-18-6-4-3-5-17(18)21-22-24/h3-10H,2,11,13-14H2,1H3. The Morgan fingerprint density at radius 1 is 1.20 bits per heavy atom. The predicted octanol–water partition coefficient (Wildman–Crippen LogP) is 2.74. The van der Waals surface area contributed by atoms with Crippen LogP contribution in [0.2, 0.25) is 0 Å². The first-order valence-electron chi connectivity index (χ1n) is 8.26. The Balaban J connectivity index is 1.75. The van der Waals surface area contributed by atoms with Gasteiger partial charge in [-0.15, -0.1) is 5.10 Å². The van der Waals surface area contributed by atoms with Crippen molar-refractivity contribution in [2.24, 2.45) is 0 Å². The minimum atomic E-state index is 0.00172. The minimum absolute atomic E-state index is 0.00172. The largest absolute Gasteiger partial charge is 0.337 e. The molecule has 2 aromatic carbocycles. The summed E-state index contributed by atoms with van der Waals surface area (Å²) in [6.07, 6.45) is 0.875. The normalized spacial score (nSPS) is 10.6. The summed E-state index contributed by atoms with van der Waals surface area (Å²) in [5, 5.41) is 17.1. The molecule has 1 heterocycles. The van der Waals surface area contributed by atoms with E-state index in [0.717, 1.165) is 23.0 Å². The molecule has 3 aromatic rings. The lowest BCUT2D eigenvalue weighted by Gasteiger charge is -2.22. The molecule has 0 aliphatic carbocycles. The summed E-state index contributed by atoms with van der Waals surface area (Å²) in [5.41, 5.74) is 3.26. The van der Waals surface area contributed by atoms with Crippen molar-refractivity contribution in [2.75, 3.05) is 6.54 Å². The zero-order valence-corrected chi connectivity index (χ0v) is 14.1. The van der Waals surface area contributed by atoms with Crippen LogP contribution in [0.4, 0.5) is 0 Å². The van der Waals surface area contributed by atoms with E-state index < -0.39 is 0 Å². The van der Waals surface area contributed by atoms with Crippen LogP contribution in [0.5, 0.6) is 0 Å². The molecule has 0 unspecified atom stereocenters. The number of amides is 1. The van der Waals surface area contributed by atoms with Crippen LogP contribution in [0.3, 0.4) is 0 Å². The number of carbonyl (C=O) groups is 1. The lowest BCUT2D eigenvalue weighted by atomic mass is 10.1. The highest BCUT2D eigenvalue weighted by molar-refractivity contribution is 5.79. The van der Waals surface area contributed by atoms with E-state index in [-0.39, 0.29) is 12.5 Å². The number of nitriles is 1. The zero-order chi connectivity index (χ0) is 17.6. The number of para-hydroxylation sites is 1. The average molecular weight is 333 g/mol. The van der Waals surface area contributed by atoms with E-state index in [1.165, 1.54) is 0 Å². The van der Waals surface area contributed by atoms with Crippen LogP contribution >= 0.6 is 0 Å². The van der Waals surface area contributed by atoms with Gasteiger partial charge in [0.15, 0.2) is 0 Å². The Morgan fingerprint density at radius 2 is 1.96 bits per heavy atom. The van der Waals surface area contributed by atoms with Gasteiger partial charge in [0.1, 0.15) is 12.1 Å². The fourth-order valence-corrected chi connectivity index (χ4v) is 2.73. The lowest BCUT2D eigenvalue weighted by Crippen LogP contribution is -2.34. The molecule has 0 spiro atoms. The molecular formula is C19H19N5O. The molecule has 0 aliphatic rings. The van der Waals surface area contributed by atoms with Gasteiger partial charge in [0.2, 0.25) is 5.91 Å². The maximum absolute atomic E-state index is 12.8. The van der Waals surface area contributed by atoms with Crippen LogP contribution in [-0.2, 0) is 17.9 Å². The molecule has 0 atom stereocenters. The Bertz CT molecular complexity index is 907. The monoisotopic (exact) mass is 333 g/mol. The number of hydrogen-bond donors (Lipinski definition) is 0. The molecule has 0 saturated carbocycles. The first-order valence-corrected chi connectivity index (χ1v) is 8.26. The van der Waals surface area contributed by atoms with E-state index in [4.69, 9.17) is 5.26 Å². The lowest BCUT2D eigenvalue weighted by molar-refractivity contribution is -0.132. The second kappa shape index (κ2) is 7.58. The van der Waals surface area contributed by atoms with Crippen molar-refractivity contribution in [3.05, 3.63) is 59.7 Å². The zero-order valence-electron chi connectivity index (χ0n) is 14.1. The smallest absolute Gasteiger partial charge is 0.244 e. The van der Waals surface area contributed by atoms with Gasteiger partial charge < -0.3 is 4.90 Å². The van der Waals surface area contributed by atoms with Crippen molar-refractivity contribution >= 4 is 16.9 Å². The highest BCUT2D eigenvalue weighted by atomic mass is 16.2. The van der Waals surface area contributed by atoms with E-state index in [9.17, 15) is 4.79 Å². The van der Waals surface area contributed by atoms with E-state index in [1.54, 1.807) is 16.8 Å². The second-order valence-corrected chi connectivity index (χ2v) is 5.86. The molecule has 3 rings (SSSR count). The van der Waals surface area contributed by atoms with E-state index >= 15 is 0 Å². The number of benzene rings is 2. The Hall–Kier alpha value is -3.20. The van der Waals surface area contributed by atoms with Gasteiger partial charge in [0.25, 0.3) is 0 Å². The Kier molecular flexibility index (Phi) is 5.05. The van der Waals surface area contributed by atoms with Crippen molar-refractivity contribution in [1.82, 2.24) is 19.9 Å². The Labute approximate surface area is 146 Å². The van der Waals surface area contributed by atoms with Gasteiger partial charge in [-0.2, -0.15) is 5.26 Å². The molecule has 126 valence electrons. The van der Waals surface area contributed by atoms with Gasteiger partial charge in [0.05, 0.1) is 17.1 Å². The SMILES string of the molecule is CCCN(Cc1ccc(C#N)cc1)C(=O)Cn1nnc2ccccc21. The highest BCUT2D eigenvalue weighted by Gasteiger charge is 2.16. The summed E-state index contributed by atoms with van der Waals surface area (Å²) < 4.78 is 1.64. The average Bonchev–Trinajstić information content (AvgIpc) is 3.05. The summed E-state index contributed by atoms with van der Waals surface area (Å²) in [6.45, 7) is 3.40. The topological polar surface area (TPSA) is 74.8 Å². The summed E-state index contributed by atoms with van der Waals surface area (Å²) in [5.74, 6) is 0.00172. The summed E-state index contributed by atoms with van der Waals surface area (Å²) in [7, 11) is 0. The van der Waals surface area contributed by atoms with Gasteiger partial charge in [-0.25, -0.2) is 4.68 Å². The fraction of sp³-hybridized carbons (Fsp3) is 0.263. The third-order valence-electron chi connectivity index (χ3n) is 4.01. The fourth-order valence-electron chi connectivity index (χ4n) is 2.73. The third-order valence-corrected chi connectivity index (χ3v) is 4.01. The van der Waals surface area contributed by atoms with Crippen molar-refractivity contribution < 1.29 is 4.79 Å². The van der Waals surface area contributed by atoms with Gasteiger partial charge in [-0.3, -0.25) is 4.79 Å². The second-order valence-electron chi connectivity index (χ2n) is 5.86. The number of carbonyl (C=O) groups excluding carboxylic acids is 1. The van der Waals surface area contributed by atoms with Gasteiger partial charge in [-0.1, -0.05) is 36.4 Å². The van der Waals surface area contributed by atoms with Crippen molar-refractivity contribution in [3.8, 4) is 6.07 Å². The first kappa shape index (κ1) is 16.7. The number of fused-ring (bicyclic) bond motifs is 1. The van der Waals surface area contributed by atoms with Crippen LogP contribution in [0.1, 0.15) is 24.5 Å². The molecule has 0 saturated heterocycles. The van der Waals surface area contributed by atoms with Crippen LogP contribution in [-0.4, -0.2) is 32.3 Å². The van der Waals surface area contributed by atoms with Gasteiger partial charge >= 0.3 is 0 Å². The molecule has 0 bridgehead atoms. The number of aromatic nitrogens is 3. The highest BCUT2D eigenvalue weighted by Crippen LogP contribution is 2.12. The van der Waals surface area contributed by atoms with Crippen LogP contribution in [0.15, 0.2) is 48.5 Å². The maximum Gasteiger partial charge on any atom is 0.244 e. The molecule has 25 heavy (non-hydrogen) atoms. The minimum Gasteiger partial charge on any atom is -0.337 e. The Morgan fingerprint density at radius 3 is 2.68 bits per heavy atom. The molecule has 0 radical (unpaired) electrons. The first-order chi connectivity index (χ1) is 12.2. The van der Waals surface area contributed by atoms with Crippen LogP contribution < -0.4 is 0 Å². The molecule has 1 amide bonds. The summed E-state index contributed by atoms with van der Waals surface area (Å²) >= 11 is 0. The predicted molar refractivity (Wildman–Crippen MR) is 94.4 cm³/mol. The molecule has 0 aliphatic heterocycles. The maximum atomic E-state index is 12.8. The molecule has 1 aromatic heterocycles. The summed E-state index contributed by atoms with van der Waals surface area (Å²) in [4.78, 5) is 14.6. The van der Waals surface area contributed by atoms with E-state index in [2.05, 4.69) is 16.4 Å².